The molecule has 0 aliphatic carbocycles. The van der Waals surface area contributed by atoms with Crippen molar-refractivity contribution in [1.29, 1.82) is 5.26 Å². The zero-order valence-corrected chi connectivity index (χ0v) is 21.6. The number of thioether (sulfide) groups is 1. The summed E-state index contributed by atoms with van der Waals surface area (Å²) in [6, 6.07) is 34.3. The van der Waals surface area contributed by atoms with Gasteiger partial charge in [-0.15, -0.1) is 0 Å². The number of benzene rings is 4. The van der Waals surface area contributed by atoms with Crippen LogP contribution in [0.1, 0.15) is 29.7 Å². The van der Waals surface area contributed by atoms with Crippen molar-refractivity contribution in [1.82, 2.24) is 0 Å². The molecule has 4 aromatic rings. The molecule has 0 aliphatic heterocycles. The van der Waals surface area contributed by atoms with Gasteiger partial charge in [-0.1, -0.05) is 96.7 Å². The number of allylic oxidation sites excluding steroid dienone is 1. The van der Waals surface area contributed by atoms with Gasteiger partial charge in [0.1, 0.15) is 5.44 Å². The van der Waals surface area contributed by atoms with Gasteiger partial charge in [-0.25, -0.2) is 0 Å². The van der Waals surface area contributed by atoms with Gasteiger partial charge in [0.2, 0.25) is 0 Å². The highest BCUT2D eigenvalue weighted by Gasteiger charge is 2.07. The molecule has 3 nitrogen and oxygen atoms in total. The SMILES string of the molecule is CC(O)Sc1ccc(-c2ccc(/C=C(\C#N)c3ccc(-c4ccc(C(O)CS)cc4)cc3)cc2)cc1. The Balaban J connectivity index is 1.48. The first-order chi connectivity index (χ1) is 17.5. The van der Waals surface area contributed by atoms with Crippen LogP contribution in [0, 0.1) is 11.3 Å². The van der Waals surface area contributed by atoms with E-state index in [-0.39, 0.29) is 0 Å². The third kappa shape index (κ3) is 6.48. The van der Waals surface area contributed by atoms with Gasteiger partial charge in [0, 0.05) is 10.6 Å². The van der Waals surface area contributed by atoms with Gasteiger partial charge in [0.05, 0.1) is 17.7 Å². The standard InChI is InChI=1S/C31H27NO2S2/c1-21(33)36-30-16-14-26(15-17-30)23-4-2-22(3-5-23)18-29(19-32)27-8-6-24(7-9-27)25-10-12-28(13-11-25)31(34)20-35/h2-18,21,31,33-35H,20H2,1H3/b29-18+. The average Bonchev–Trinajstić information content (AvgIpc) is 2.92. The molecule has 36 heavy (non-hydrogen) atoms. The highest BCUT2D eigenvalue weighted by atomic mass is 32.2. The van der Waals surface area contributed by atoms with Crippen LogP contribution in [0.3, 0.4) is 0 Å². The molecule has 0 amide bonds. The number of hydrogen-bond acceptors (Lipinski definition) is 5. The van der Waals surface area contributed by atoms with E-state index >= 15 is 0 Å². The molecule has 0 aromatic heterocycles. The zero-order valence-electron chi connectivity index (χ0n) is 19.9. The molecule has 0 heterocycles. The van der Waals surface area contributed by atoms with E-state index in [1.807, 2.05) is 91.0 Å². The van der Waals surface area contributed by atoms with E-state index in [2.05, 4.69) is 30.8 Å². The smallest absolute Gasteiger partial charge is 0.101 e. The quantitative estimate of drug-likeness (QED) is 0.0757. The van der Waals surface area contributed by atoms with Crippen LogP contribution in [0.2, 0.25) is 0 Å². The van der Waals surface area contributed by atoms with Crippen LogP contribution in [0.15, 0.2) is 102 Å². The highest BCUT2D eigenvalue weighted by Crippen LogP contribution is 2.28. The minimum absolute atomic E-state index is 0.386. The van der Waals surface area contributed by atoms with Crippen LogP contribution < -0.4 is 0 Å². The van der Waals surface area contributed by atoms with Gasteiger partial charge >= 0.3 is 0 Å². The van der Waals surface area contributed by atoms with Crippen molar-refractivity contribution >= 4 is 36.0 Å². The molecule has 4 rings (SSSR count). The first-order valence-corrected chi connectivity index (χ1v) is 13.1. The van der Waals surface area contributed by atoms with Crippen LogP contribution in [-0.4, -0.2) is 21.4 Å². The van der Waals surface area contributed by atoms with Crippen LogP contribution in [0.25, 0.3) is 33.9 Å². The molecule has 2 unspecified atom stereocenters. The Bertz CT molecular complexity index is 1350. The molecule has 4 aromatic carbocycles. The van der Waals surface area contributed by atoms with E-state index < -0.39 is 11.5 Å². The fourth-order valence-electron chi connectivity index (χ4n) is 3.89. The maximum atomic E-state index is 9.92. The van der Waals surface area contributed by atoms with E-state index in [0.29, 0.717) is 11.3 Å². The third-order valence-corrected chi connectivity index (χ3v) is 7.07. The Morgan fingerprint density at radius 3 is 1.75 bits per heavy atom. The third-order valence-electron chi connectivity index (χ3n) is 5.83. The Hall–Kier alpha value is -3.27. The number of rotatable bonds is 8. The topological polar surface area (TPSA) is 64.2 Å². The van der Waals surface area contributed by atoms with Gasteiger partial charge in [0.25, 0.3) is 0 Å². The Kier molecular flexibility index (Phi) is 8.69. The second-order valence-electron chi connectivity index (χ2n) is 8.43. The molecular weight excluding hydrogens is 482 g/mol. The van der Waals surface area contributed by atoms with Crippen LogP contribution in [-0.2, 0) is 0 Å². The summed E-state index contributed by atoms with van der Waals surface area (Å²) < 4.78 is 0. The second kappa shape index (κ2) is 12.1. The van der Waals surface area contributed by atoms with Crippen molar-refractivity contribution in [2.24, 2.45) is 0 Å². The molecule has 0 saturated carbocycles. The maximum Gasteiger partial charge on any atom is 0.101 e. The Morgan fingerprint density at radius 1 is 0.806 bits per heavy atom. The normalized spacial score (nSPS) is 13.1. The van der Waals surface area contributed by atoms with Crippen molar-refractivity contribution in [2.45, 2.75) is 23.4 Å². The summed E-state index contributed by atoms with van der Waals surface area (Å²) in [7, 11) is 0. The predicted molar refractivity (Wildman–Crippen MR) is 154 cm³/mol. The maximum absolute atomic E-state index is 9.92. The summed E-state index contributed by atoms with van der Waals surface area (Å²) in [5.74, 6) is 0.386. The number of aliphatic hydroxyl groups is 2. The van der Waals surface area contributed by atoms with Crippen molar-refractivity contribution in [3.05, 3.63) is 114 Å². The molecule has 2 N–H and O–H groups in total. The molecule has 0 spiro atoms. The lowest BCUT2D eigenvalue weighted by atomic mass is 9.98. The largest absolute Gasteiger partial charge is 0.388 e. The summed E-state index contributed by atoms with van der Waals surface area (Å²) in [5, 5.41) is 29.2. The van der Waals surface area contributed by atoms with E-state index in [1.54, 1.807) is 6.92 Å². The lowest BCUT2D eigenvalue weighted by Crippen LogP contribution is -1.97. The molecular formula is C31H27NO2S2. The monoisotopic (exact) mass is 509 g/mol. The van der Waals surface area contributed by atoms with Gasteiger partial charge in [0.15, 0.2) is 0 Å². The number of hydrogen-bond donors (Lipinski definition) is 3. The van der Waals surface area contributed by atoms with Crippen molar-refractivity contribution in [2.75, 3.05) is 5.75 Å². The minimum atomic E-state index is -0.567. The summed E-state index contributed by atoms with van der Waals surface area (Å²) >= 11 is 5.56. The molecule has 180 valence electrons. The molecule has 2 atom stereocenters. The molecule has 0 radical (unpaired) electrons. The molecule has 0 aliphatic rings. The van der Waals surface area contributed by atoms with Crippen molar-refractivity contribution in [3.63, 3.8) is 0 Å². The number of nitrogens with zero attached hydrogens (tertiary/aromatic N) is 1. The lowest BCUT2D eigenvalue weighted by molar-refractivity contribution is 0.204. The van der Waals surface area contributed by atoms with E-state index in [4.69, 9.17) is 0 Å². The lowest BCUT2D eigenvalue weighted by Gasteiger charge is -2.09. The van der Waals surface area contributed by atoms with E-state index in [1.165, 1.54) is 11.8 Å². The molecule has 0 saturated heterocycles. The van der Waals surface area contributed by atoms with Crippen LogP contribution >= 0.6 is 24.4 Å². The Labute approximate surface area is 222 Å². The fraction of sp³-hybridized carbons (Fsp3) is 0.129. The van der Waals surface area contributed by atoms with Gasteiger partial charge in [-0.2, -0.15) is 17.9 Å². The fourth-order valence-corrected chi connectivity index (χ4v) is 4.78. The van der Waals surface area contributed by atoms with Crippen LogP contribution in [0.4, 0.5) is 0 Å². The summed E-state index contributed by atoms with van der Waals surface area (Å²) in [4.78, 5) is 1.03. The summed E-state index contributed by atoms with van der Waals surface area (Å²) in [6.07, 6.45) is 1.33. The predicted octanol–water partition coefficient (Wildman–Crippen LogP) is 7.48. The molecule has 5 heteroatoms. The minimum Gasteiger partial charge on any atom is -0.388 e. The average molecular weight is 510 g/mol. The van der Waals surface area contributed by atoms with Crippen molar-refractivity contribution in [3.8, 4) is 28.3 Å². The number of nitriles is 1. The van der Waals surface area contributed by atoms with Gasteiger partial charge in [-0.05, 0) is 64.1 Å². The van der Waals surface area contributed by atoms with Crippen LogP contribution in [0.5, 0.6) is 0 Å². The first kappa shape index (κ1) is 25.8. The molecule has 0 bridgehead atoms. The summed E-state index contributed by atoms with van der Waals surface area (Å²) in [5.41, 5.74) is 7.12. The first-order valence-electron chi connectivity index (χ1n) is 11.6. The highest BCUT2D eigenvalue weighted by molar-refractivity contribution is 7.99. The Morgan fingerprint density at radius 2 is 1.28 bits per heavy atom. The summed E-state index contributed by atoms with van der Waals surface area (Å²) in [6.45, 7) is 1.76. The van der Waals surface area contributed by atoms with E-state index in [0.717, 1.165) is 43.8 Å². The van der Waals surface area contributed by atoms with E-state index in [9.17, 15) is 15.5 Å². The number of aliphatic hydroxyl groups excluding tert-OH is 2. The zero-order chi connectivity index (χ0) is 25.5. The van der Waals surface area contributed by atoms with Gasteiger partial charge in [-0.3, -0.25) is 0 Å². The van der Waals surface area contributed by atoms with Gasteiger partial charge < -0.3 is 10.2 Å². The second-order valence-corrected chi connectivity index (χ2v) is 10.2. The number of thiol groups is 1. The van der Waals surface area contributed by atoms with Crippen molar-refractivity contribution < 1.29 is 10.2 Å². The molecule has 0 fully saturated rings.